The Balaban J connectivity index is 2.53. The van der Waals surface area contributed by atoms with Gasteiger partial charge in [0.15, 0.2) is 0 Å². The zero-order valence-electron chi connectivity index (χ0n) is 9.46. The third-order valence-corrected chi connectivity index (χ3v) is 3.87. The lowest BCUT2D eigenvalue weighted by molar-refractivity contribution is 0.511. The normalized spacial score (nSPS) is 14.9. The number of hydrogen-bond acceptors (Lipinski definition) is 2. The maximum Gasteiger partial charge on any atom is 0.0294 e. The van der Waals surface area contributed by atoms with Gasteiger partial charge in [0.1, 0.15) is 0 Å². The van der Waals surface area contributed by atoms with Gasteiger partial charge in [-0.3, -0.25) is 0 Å². The summed E-state index contributed by atoms with van der Waals surface area (Å²) in [5.41, 5.74) is 1.36. The van der Waals surface area contributed by atoms with Gasteiger partial charge in [-0.05, 0) is 60.4 Å². The molecule has 0 bridgehead atoms. The molecule has 1 aromatic carbocycles. The minimum Gasteiger partial charge on any atom is -0.307 e. The van der Waals surface area contributed by atoms with Gasteiger partial charge in [-0.15, -0.1) is 0 Å². The third-order valence-electron chi connectivity index (χ3n) is 2.32. The molecule has 2 atom stereocenters. The Morgan fingerprint density at radius 3 is 2.40 bits per heavy atom. The Hall–Kier alpha value is 0.260. The molecule has 0 saturated carbocycles. The van der Waals surface area contributed by atoms with Crippen LogP contribution in [0.5, 0.6) is 0 Å². The molecule has 0 saturated heterocycles. The average molecular weight is 335 g/mol. The second-order valence-electron chi connectivity index (χ2n) is 3.80. The van der Waals surface area contributed by atoms with E-state index in [2.05, 4.69) is 72.3 Å². The second-order valence-corrected chi connectivity index (χ2v) is 5.95. The Morgan fingerprint density at radius 2 is 1.87 bits per heavy atom. The predicted molar refractivity (Wildman–Crippen MR) is 78.6 cm³/mol. The first-order valence-electron chi connectivity index (χ1n) is 5.14. The number of benzene rings is 1. The molecule has 1 rings (SSSR count). The number of hydrogen-bond donors (Lipinski definition) is 1. The lowest BCUT2D eigenvalue weighted by atomic mass is 10.1. The van der Waals surface area contributed by atoms with Gasteiger partial charge in [0.2, 0.25) is 0 Å². The predicted octanol–water partition coefficient (Wildman–Crippen LogP) is 3.69. The van der Waals surface area contributed by atoms with Crippen molar-refractivity contribution in [2.75, 3.05) is 12.0 Å². The number of halogens is 1. The molecular formula is C12H18INS. The Kier molecular flexibility index (Phi) is 6.00. The highest BCUT2D eigenvalue weighted by Gasteiger charge is 2.08. The van der Waals surface area contributed by atoms with Crippen molar-refractivity contribution >= 4 is 34.4 Å². The van der Waals surface area contributed by atoms with Crippen LogP contribution in [0.25, 0.3) is 0 Å². The number of rotatable bonds is 5. The van der Waals surface area contributed by atoms with Gasteiger partial charge in [0.25, 0.3) is 0 Å². The Labute approximate surface area is 111 Å². The molecule has 0 heterocycles. The van der Waals surface area contributed by atoms with Crippen LogP contribution in [0.1, 0.15) is 25.5 Å². The zero-order valence-corrected chi connectivity index (χ0v) is 12.4. The summed E-state index contributed by atoms with van der Waals surface area (Å²) in [6.45, 7) is 4.46. The van der Waals surface area contributed by atoms with Crippen molar-refractivity contribution in [3.8, 4) is 0 Å². The van der Waals surface area contributed by atoms with Crippen molar-refractivity contribution in [2.24, 2.45) is 0 Å². The first kappa shape index (κ1) is 13.3. The first-order valence-corrected chi connectivity index (χ1v) is 7.61. The molecule has 1 nitrogen and oxygen atoms in total. The van der Waals surface area contributed by atoms with Gasteiger partial charge in [0, 0.05) is 21.4 Å². The van der Waals surface area contributed by atoms with Crippen LogP contribution in [0.15, 0.2) is 24.3 Å². The molecule has 1 N–H and O–H groups in total. The lowest BCUT2D eigenvalue weighted by Crippen LogP contribution is -2.30. The molecule has 0 aliphatic carbocycles. The summed E-state index contributed by atoms with van der Waals surface area (Å²) in [4.78, 5) is 0. The van der Waals surface area contributed by atoms with Crippen molar-refractivity contribution in [2.45, 2.75) is 25.9 Å². The molecule has 0 spiro atoms. The molecule has 0 aliphatic rings. The van der Waals surface area contributed by atoms with E-state index in [0.717, 1.165) is 5.75 Å². The molecule has 84 valence electrons. The summed E-state index contributed by atoms with van der Waals surface area (Å²) in [5.74, 6) is 1.16. The van der Waals surface area contributed by atoms with Gasteiger partial charge in [0.05, 0.1) is 0 Å². The highest BCUT2D eigenvalue weighted by atomic mass is 127. The molecule has 0 aliphatic heterocycles. The van der Waals surface area contributed by atoms with E-state index >= 15 is 0 Å². The van der Waals surface area contributed by atoms with E-state index in [0.29, 0.717) is 12.1 Å². The van der Waals surface area contributed by atoms with Crippen molar-refractivity contribution < 1.29 is 0 Å². The fourth-order valence-electron chi connectivity index (χ4n) is 1.57. The molecule has 0 aromatic heterocycles. The van der Waals surface area contributed by atoms with Crippen molar-refractivity contribution in [1.29, 1.82) is 0 Å². The fourth-order valence-corrected chi connectivity index (χ4v) is 2.53. The van der Waals surface area contributed by atoms with Crippen LogP contribution in [-0.2, 0) is 0 Å². The topological polar surface area (TPSA) is 12.0 Å². The third kappa shape index (κ3) is 4.74. The number of nitrogens with one attached hydrogen (secondary N) is 1. The molecule has 0 radical (unpaired) electrons. The largest absolute Gasteiger partial charge is 0.307 e. The SMILES string of the molecule is CSCC(C)NC(C)c1ccc(I)cc1. The van der Waals surface area contributed by atoms with E-state index in [-0.39, 0.29) is 0 Å². The fraction of sp³-hybridized carbons (Fsp3) is 0.500. The van der Waals surface area contributed by atoms with Crippen LogP contribution < -0.4 is 5.32 Å². The number of thioether (sulfide) groups is 1. The van der Waals surface area contributed by atoms with Gasteiger partial charge in [-0.25, -0.2) is 0 Å². The van der Waals surface area contributed by atoms with Gasteiger partial charge >= 0.3 is 0 Å². The molecule has 0 amide bonds. The summed E-state index contributed by atoms with van der Waals surface area (Å²) < 4.78 is 1.29. The molecule has 0 fully saturated rings. The van der Waals surface area contributed by atoms with Crippen molar-refractivity contribution in [3.05, 3.63) is 33.4 Å². The maximum absolute atomic E-state index is 3.59. The average Bonchev–Trinajstić information content (AvgIpc) is 2.18. The van der Waals surface area contributed by atoms with Crippen LogP contribution >= 0.6 is 34.4 Å². The van der Waals surface area contributed by atoms with E-state index < -0.39 is 0 Å². The van der Waals surface area contributed by atoms with Crippen LogP contribution in [0, 0.1) is 3.57 Å². The Bertz CT molecular complexity index is 286. The smallest absolute Gasteiger partial charge is 0.0294 e. The van der Waals surface area contributed by atoms with Crippen LogP contribution in [0.3, 0.4) is 0 Å². The maximum atomic E-state index is 3.59. The van der Waals surface area contributed by atoms with E-state index in [9.17, 15) is 0 Å². The summed E-state index contributed by atoms with van der Waals surface area (Å²) in [6.07, 6.45) is 2.15. The van der Waals surface area contributed by atoms with Gasteiger partial charge in [-0.2, -0.15) is 11.8 Å². The van der Waals surface area contributed by atoms with Crippen LogP contribution in [0.2, 0.25) is 0 Å². The minimum atomic E-state index is 0.434. The zero-order chi connectivity index (χ0) is 11.3. The van der Waals surface area contributed by atoms with Crippen LogP contribution in [-0.4, -0.2) is 18.1 Å². The summed E-state index contributed by atoms with van der Waals surface area (Å²) >= 11 is 4.22. The summed E-state index contributed by atoms with van der Waals surface area (Å²) in [5, 5.41) is 3.59. The standard InChI is InChI=1S/C12H18INS/c1-9(8-15-3)14-10(2)11-4-6-12(13)7-5-11/h4-7,9-10,14H,8H2,1-3H3. The first-order chi connectivity index (χ1) is 7.13. The summed E-state index contributed by atoms with van der Waals surface area (Å²) in [7, 11) is 0. The molecule has 2 unspecified atom stereocenters. The minimum absolute atomic E-state index is 0.434. The lowest BCUT2D eigenvalue weighted by Gasteiger charge is -2.19. The molecule has 3 heteroatoms. The van der Waals surface area contributed by atoms with Crippen molar-refractivity contribution in [1.82, 2.24) is 5.32 Å². The van der Waals surface area contributed by atoms with E-state index in [4.69, 9.17) is 0 Å². The van der Waals surface area contributed by atoms with E-state index in [1.165, 1.54) is 9.13 Å². The van der Waals surface area contributed by atoms with E-state index in [1.54, 1.807) is 0 Å². The van der Waals surface area contributed by atoms with E-state index in [1.807, 2.05) is 11.8 Å². The monoisotopic (exact) mass is 335 g/mol. The molecule has 15 heavy (non-hydrogen) atoms. The molecular weight excluding hydrogens is 317 g/mol. The Morgan fingerprint density at radius 1 is 1.27 bits per heavy atom. The van der Waals surface area contributed by atoms with Crippen LogP contribution in [0.4, 0.5) is 0 Å². The highest BCUT2D eigenvalue weighted by molar-refractivity contribution is 14.1. The molecule has 1 aromatic rings. The van der Waals surface area contributed by atoms with Gasteiger partial charge < -0.3 is 5.32 Å². The van der Waals surface area contributed by atoms with Crippen molar-refractivity contribution in [3.63, 3.8) is 0 Å². The van der Waals surface area contributed by atoms with Gasteiger partial charge in [-0.1, -0.05) is 12.1 Å². The quantitative estimate of drug-likeness (QED) is 0.824. The highest BCUT2D eigenvalue weighted by Crippen LogP contribution is 2.15. The summed E-state index contributed by atoms with van der Waals surface area (Å²) in [6, 6.07) is 9.72. The second kappa shape index (κ2) is 6.76.